The second-order valence-corrected chi connectivity index (χ2v) is 4.76. The van der Waals surface area contributed by atoms with Gasteiger partial charge in [-0.2, -0.15) is 0 Å². The van der Waals surface area contributed by atoms with E-state index in [9.17, 15) is 4.79 Å². The van der Waals surface area contributed by atoms with Crippen molar-refractivity contribution >= 4 is 5.91 Å². The molecule has 1 aromatic rings. The van der Waals surface area contributed by atoms with Gasteiger partial charge in [-0.05, 0) is 30.0 Å². The van der Waals surface area contributed by atoms with Crippen LogP contribution in [0.15, 0.2) is 18.2 Å². The zero-order valence-electron chi connectivity index (χ0n) is 10.9. The summed E-state index contributed by atoms with van der Waals surface area (Å²) in [5, 5.41) is 3.06. The SMILES string of the molecule is COc1cccc2c1CCC2NC(=O)C(C)CN. The molecule has 2 atom stereocenters. The minimum Gasteiger partial charge on any atom is -0.496 e. The molecule has 0 bridgehead atoms. The first-order valence-electron chi connectivity index (χ1n) is 6.33. The van der Waals surface area contributed by atoms with E-state index in [4.69, 9.17) is 10.5 Å². The fourth-order valence-corrected chi connectivity index (χ4v) is 2.38. The van der Waals surface area contributed by atoms with Crippen LogP contribution < -0.4 is 15.8 Å². The average molecular weight is 248 g/mol. The number of hydrogen-bond donors (Lipinski definition) is 2. The van der Waals surface area contributed by atoms with Crippen LogP contribution in [-0.4, -0.2) is 19.6 Å². The van der Waals surface area contributed by atoms with Crippen molar-refractivity contribution in [1.82, 2.24) is 5.32 Å². The first kappa shape index (κ1) is 12.9. The molecule has 98 valence electrons. The summed E-state index contributed by atoms with van der Waals surface area (Å²) in [5.41, 5.74) is 7.89. The Morgan fingerprint density at radius 1 is 1.61 bits per heavy atom. The number of carbonyl (C=O) groups is 1. The highest BCUT2D eigenvalue weighted by Crippen LogP contribution is 2.36. The Morgan fingerprint density at radius 3 is 3.06 bits per heavy atom. The topological polar surface area (TPSA) is 64.3 Å². The van der Waals surface area contributed by atoms with E-state index in [-0.39, 0.29) is 17.9 Å². The third kappa shape index (κ3) is 2.34. The van der Waals surface area contributed by atoms with Crippen LogP contribution in [0.25, 0.3) is 0 Å². The monoisotopic (exact) mass is 248 g/mol. The predicted molar refractivity (Wildman–Crippen MR) is 70.4 cm³/mol. The van der Waals surface area contributed by atoms with Crippen LogP contribution in [0.3, 0.4) is 0 Å². The molecule has 2 unspecified atom stereocenters. The molecule has 1 amide bonds. The number of nitrogens with one attached hydrogen (secondary N) is 1. The van der Waals surface area contributed by atoms with E-state index in [1.54, 1.807) is 7.11 Å². The maximum absolute atomic E-state index is 11.9. The van der Waals surface area contributed by atoms with Crippen LogP contribution in [0.5, 0.6) is 5.75 Å². The van der Waals surface area contributed by atoms with Crippen LogP contribution in [0.1, 0.15) is 30.5 Å². The standard InChI is InChI=1S/C14H20N2O2/c1-9(8-15)14(17)16-12-7-6-11-10(12)4-3-5-13(11)18-2/h3-5,9,12H,6-8,15H2,1-2H3,(H,16,17). The lowest BCUT2D eigenvalue weighted by atomic mass is 10.1. The molecule has 0 radical (unpaired) electrons. The predicted octanol–water partition coefficient (Wildman–Crippen LogP) is 1.39. The molecule has 18 heavy (non-hydrogen) atoms. The molecule has 3 N–H and O–H groups in total. The molecule has 1 aromatic carbocycles. The van der Waals surface area contributed by atoms with Crippen molar-refractivity contribution in [3.8, 4) is 5.75 Å². The van der Waals surface area contributed by atoms with E-state index in [1.165, 1.54) is 11.1 Å². The van der Waals surface area contributed by atoms with Crippen LogP contribution in [0.2, 0.25) is 0 Å². The van der Waals surface area contributed by atoms with Crippen LogP contribution in [0, 0.1) is 5.92 Å². The van der Waals surface area contributed by atoms with Gasteiger partial charge in [-0.25, -0.2) is 0 Å². The molecule has 4 heteroatoms. The molecule has 0 saturated heterocycles. The molecule has 0 aromatic heterocycles. The first-order chi connectivity index (χ1) is 8.67. The average Bonchev–Trinajstić information content (AvgIpc) is 2.81. The fraction of sp³-hybridized carbons (Fsp3) is 0.500. The van der Waals surface area contributed by atoms with Crippen molar-refractivity contribution in [3.05, 3.63) is 29.3 Å². The second kappa shape index (κ2) is 5.40. The molecular weight excluding hydrogens is 228 g/mol. The summed E-state index contributed by atoms with van der Waals surface area (Å²) in [5.74, 6) is 0.800. The molecule has 0 saturated carbocycles. The number of nitrogens with two attached hydrogens (primary N) is 1. The van der Waals surface area contributed by atoms with E-state index in [2.05, 4.69) is 11.4 Å². The van der Waals surface area contributed by atoms with Crippen molar-refractivity contribution in [2.24, 2.45) is 11.7 Å². The van der Waals surface area contributed by atoms with Gasteiger partial charge in [0.25, 0.3) is 0 Å². The number of carbonyl (C=O) groups excluding carboxylic acids is 1. The molecule has 0 heterocycles. The summed E-state index contributed by atoms with van der Waals surface area (Å²) >= 11 is 0. The summed E-state index contributed by atoms with van der Waals surface area (Å²) in [6, 6.07) is 6.08. The van der Waals surface area contributed by atoms with E-state index in [0.29, 0.717) is 6.54 Å². The van der Waals surface area contributed by atoms with Gasteiger partial charge in [0.05, 0.1) is 13.2 Å². The largest absolute Gasteiger partial charge is 0.496 e. The normalized spacial score (nSPS) is 19.2. The van der Waals surface area contributed by atoms with Crippen LogP contribution >= 0.6 is 0 Å². The molecule has 2 rings (SSSR count). The maximum Gasteiger partial charge on any atom is 0.224 e. The number of amides is 1. The van der Waals surface area contributed by atoms with Gasteiger partial charge in [-0.1, -0.05) is 19.1 Å². The van der Waals surface area contributed by atoms with Gasteiger partial charge in [-0.3, -0.25) is 4.79 Å². The summed E-state index contributed by atoms with van der Waals surface area (Å²) in [6.07, 6.45) is 1.88. The van der Waals surface area contributed by atoms with Crippen molar-refractivity contribution < 1.29 is 9.53 Å². The summed E-state index contributed by atoms with van der Waals surface area (Å²) in [6.45, 7) is 2.22. The van der Waals surface area contributed by atoms with Gasteiger partial charge in [0, 0.05) is 12.5 Å². The van der Waals surface area contributed by atoms with Crippen molar-refractivity contribution in [2.75, 3.05) is 13.7 Å². The number of fused-ring (bicyclic) bond motifs is 1. The molecule has 1 aliphatic rings. The lowest BCUT2D eigenvalue weighted by Gasteiger charge is -2.17. The lowest BCUT2D eigenvalue weighted by Crippen LogP contribution is -2.35. The van der Waals surface area contributed by atoms with Gasteiger partial charge < -0.3 is 15.8 Å². The van der Waals surface area contributed by atoms with Crippen molar-refractivity contribution in [1.29, 1.82) is 0 Å². The number of rotatable bonds is 4. The molecule has 4 nitrogen and oxygen atoms in total. The minimum atomic E-state index is -0.139. The van der Waals surface area contributed by atoms with Gasteiger partial charge in [0.15, 0.2) is 0 Å². The molecule has 0 aliphatic heterocycles. The van der Waals surface area contributed by atoms with Gasteiger partial charge in [0.2, 0.25) is 5.91 Å². The van der Waals surface area contributed by atoms with Crippen molar-refractivity contribution in [3.63, 3.8) is 0 Å². The highest BCUT2D eigenvalue weighted by molar-refractivity contribution is 5.79. The molecule has 0 spiro atoms. The zero-order chi connectivity index (χ0) is 13.1. The number of ether oxygens (including phenoxy) is 1. The second-order valence-electron chi connectivity index (χ2n) is 4.76. The Kier molecular flexibility index (Phi) is 3.87. The Hall–Kier alpha value is -1.55. The smallest absolute Gasteiger partial charge is 0.224 e. The minimum absolute atomic E-state index is 0.0261. The Balaban J connectivity index is 2.15. The van der Waals surface area contributed by atoms with Crippen LogP contribution in [0.4, 0.5) is 0 Å². The zero-order valence-corrected chi connectivity index (χ0v) is 10.9. The van der Waals surface area contributed by atoms with E-state index in [0.717, 1.165) is 18.6 Å². The van der Waals surface area contributed by atoms with Gasteiger partial charge in [0.1, 0.15) is 5.75 Å². The maximum atomic E-state index is 11.9. The Bertz CT molecular complexity index is 445. The number of hydrogen-bond acceptors (Lipinski definition) is 3. The number of methoxy groups -OCH3 is 1. The fourth-order valence-electron chi connectivity index (χ4n) is 2.38. The third-order valence-corrected chi connectivity index (χ3v) is 3.57. The quantitative estimate of drug-likeness (QED) is 0.846. The highest BCUT2D eigenvalue weighted by Gasteiger charge is 2.27. The Labute approximate surface area is 108 Å². The van der Waals surface area contributed by atoms with Gasteiger partial charge in [-0.15, -0.1) is 0 Å². The first-order valence-corrected chi connectivity index (χ1v) is 6.33. The lowest BCUT2D eigenvalue weighted by molar-refractivity contribution is -0.124. The molecule has 0 fully saturated rings. The third-order valence-electron chi connectivity index (χ3n) is 3.57. The highest BCUT2D eigenvalue weighted by atomic mass is 16.5. The summed E-state index contributed by atoms with van der Waals surface area (Å²) in [4.78, 5) is 11.9. The number of benzene rings is 1. The van der Waals surface area contributed by atoms with Gasteiger partial charge >= 0.3 is 0 Å². The van der Waals surface area contributed by atoms with E-state index < -0.39 is 0 Å². The van der Waals surface area contributed by atoms with E-state index in [1.807, 2.05) is 19.1 Å². The van der Waals surface area contributed by atoms with E-state index >= 15 is 0 Å². The Morgan fingerprint density at radius 2 is 2.39 bits per heavy atom. The molecule has 1 aliphatic carbocycles. The van der Waals surface area contributed by atoms with Crippen molar-refractivity contribution in [2.45, 2.75) is 25.8 Å². The molecular formula is C14H20N2O2. The summed E-state index contributed by atoms with van der Waals surface area (Å²) in [7, 11) is 1.68. The van der Waals surface area contributed by atoms with Crippen LogP contribution in [-0.2, 0) is 11.2 Å². The summed E-state index contributed by atoms with van der Waals surface area (Å²) < 4.78 is 5.35.